The number of aromatic nitrogens is 4. The average Bonchev–Trinajstić information content (AvgIpc) is 3.15. The van der Waals surface area contributed by atoms with E-state index >= 15 is 0 Å². The molecule has 6 nitrogen and oxygen atoms in total. The zero-order valence-corrected chi connectivity index (χ0v) is 11.9. The van der Waals surface area contributed by atoms with Crippen LogP contribution < -0.4 is 4.90 Å². The van der Waals surface area contributed by atoms with E-state index in [1.165, 1.54) is 5.69 Å². The minimum Gasteiger partial charge on any atom is -0.378 e. The quantitative estimate of drug-likeness (QED) is 0.716. The molecule has 0 radical (unpaired) electrons. The molecule has 4 rings (SSSR count). The molecule has 1 aliphatic rings. The molecule has 0 saturated carbocycles. The minimum atomic E-state index is 0.775. The van der Waals surface area contributed by atoms with Crippen LogP contribution in [0.2, 0.25) is 0 Å². The Morgan fingerprint density at radius 2 is 1.95 bits per heavy atom. The molecule has 0 spiro atoms. The van der Waals surface area contributed by atoms with Crippen LogP contribution in [-0.4, -0.2) is 45.7 Å². The standard InChI is InChI=1S/C15H17N5O/c1-18-10-13(9-17-18)12-8-15(19-4-6-21-7-5-19)14-2-3-16-20(14)11-12/h2-3,8-11H,4-7H2,1H3. The minimum absolute atomic E-state index is 0.775. The third-order valence-electron chi connectivity index (χ3n) is 3.88. The summed E-state index contributed by atoms with van der Waals surface area (Å²) in [7, 11) is 1.93. The first-order chi connectivity index (χ1) is 10.3. The Morgan fingerprint density at radius 1 is 1.10 bits per heavy atom. The third kappa shape index (κ3) is 2.17. The molecule has 3 aromatic heterocycles. The van der Waals surface area contributed by atoms with Crippen LogP contribution in [0.4, 0.5) is 5.69 Å². The highest BCUT2D eigenvalue weighted by Gasteiger charge is 2.16. The van der Waals surface area contributed by atoms with Crippen molar-refractivity contribution >= 4 is 11.2 Å². The Balaban J connectivity index is 1.85. The number of anilines is 1. The van der Waals surface area contributed by atoms with Crippen LogP contribution in [0.15, 0.2) is 36.9 Å². The van der Waals surface area contributed by atoms with E-state index in [0.29, 0.717) is 0 Å². The highest BCUT2D eigenvalue weighted by molar-refractivity contribution is 5.79. The van der Waals surface area contributed by atoms with E-state index in [1.807, 2.05) is 34.8 Å². The molecule has 0 aromatic carbocycles. The maximum atomic E-state index is 5.46. The summed E-state index contributed by atoms with van der Waals surface area (Å²) in [5.74, 6) is 0. The van der Waals surface area contributed by atoms with Crippen LogP contribution in [0.5, 0.6) is 0 Å². The molecule has 108 valence electrons. The zero-order chi connectivity index (χ0) is 14.2. The summed E-state index contributed by atoms with van der Waals surface area (Å²) in [5.41, 5.74) is 4.56. The first-order valence-electron chi connectivity index (χ1n) is 7.10. The number of rotatable bonds is 2. The van der Waals surface area contributed by atoms with Gasteiger partial charge in [0.05, 0.1) is 36.8 Å². The second-order valence-corrected chi connectivity index (χ2v) is 5.28. The summed E-state index contributed by atoms with van der Waals surface area (Å²) in [6.45, 7) is 3.38. The van der Waals surface area contributed by atoms with Gasteiger partial charge in [-0.3, -0.25) is 4.68 Å². The number of nitrogens with zero attached hydrogens (tertiary/aromatic N) is 5. The van der Waals surface area contributed by atoms with Crippen molar-refractivity contribution in [3.8, 4) is 11.1 Å². The van der Waals surface area contributed by atoms with Gasteiger partial charge in [-0.1, -0.05) is 0 Å². The van der Waals surface area contributed by atoms with Crippen molar-refractivity contribution in [2.24, 2.45) is 7.05 Å². The summed E-state index contributed by atoms with van der Waals surface area (Å²) < 4.78 is 9.21. The van der Waals surface area contributed by atoms with Gasteiger partial charge in [0.15, 0.2) is 0 Å². The molecule has 3 aromatic rings. The van der Waals surface area contributed by atoms with Crippen molar-refractivity contribution in [3.05, 3.63) is 36.9 Å². The number of pyridine rings is 1. The van der Waals surface area contributed by atoms with Crippen LogP contribution in [0.3, 0.4) is 0 Å². The van der Waals surface area contributed by atoms with Crippen molar-refractivity contribution in [2.75, 3.05) is 31.2 Å². The van der Waals surface area contributed by atoms with Crippen LogP contribution >= 0.6 is 0 Å². The van der Waals surface area contributed by atoms with Gasteiger partial charge in [0.25, 0.3) is 0 Å². The molecule has 0 aliphatic carbocycles. The lowest BCUT2D eigenvalue weighted by molar-refractivity contribution is 0.123. The van der Waals surface area contributed by atoms with Gasteiger partial charge >= 0.3 is 0 Å². The molecule has 0 bridgehead atoms. The molecule has 6 heteroatoms. The average molecular weight is 283 g/mol. The summed E-state index contributed by atoms with van der Waals surface area (Å²) in [5, 5.41) is 8.66. The molecular formula is C15H17N5O. The van der Waals surface area contributed by atoms with Crippen LogP contribution in [0.1, 0.15) is 0 Å². The fourth-order valence-electron chi connectivity index (χ4n) is 2.80. The van der Waals surface area contributed by atoms with E-state index in [9.17, 15) is 0 Å². The Hall–Kier alpha value is -2.34. The summed E-state index contributed by atoms with van der Waals surface area (Å²) in [6.07, 6.45) is 7.80. The summed E-state index contributed by atoms with van der Waals surface area (Å²) in [4.78, 5) is 2.36. The number of morpholine rings is 1. The van der Waals surface area contributed by atoms with Crippen molar-refractivity contribution in [1.82, 2.24) is 19.4 Å². The molecule has 1 aliphatic heterocycles. The maximum Gasteiger partial charge on any atom is 0.0895 e. The smallest absolute Gasteiger partial charge is 0.0895 e. The van der Waals surface area contributed by atoms with Crippen molar-refractivity contribution in [3.63, 3.8) is 0 Å². The van der Waals surface area contributed by atoms with Gasteiger partial charge in [-0.15, -0.1) is 0 Å². The van der Waals surface area contributed by atoms with Crippen LogP contribution in [-0.2, 0) is 11.8 Å². The van der Waals surface area contributed by atoms with Crippen molar-refractivity contribution in [1.29, 1.82) is 0 Å². The zero-order valence-electron chi connectivity index (χ0n) is 11.9. The normalized spacial score (nSPS) is 15.8. The number of aryl methyl sites for hydroxylation is 1. The van der Waals surface area contributed by atoms with Gasteiger partial charge < -0.3 is 9.64 Å². The topological polar surface area (TPSA) is 47.6 Å². The lowest BCUT2D eigenvalue weighted by Crippen LogP contribution is -2.36. The second-order valence-electron chi connectivity index (χ2n) is 5.28. The molecule has 1 saturated heterocycles. The van der Waals surface area contributed by atoms with Gasteiger partial charge in [-0.2, -0.15) is 10.2 Å². The first kappa shape index (κ1) is 12.4. The highest BCUT2D eigenvalue weighted by atomic mass is 16.5. The number of fused-ring (bicyclic) bond motifs is 1. The van der Waals surface area contributed by atoms with E-state index in [4.69, 9.17) is 4.74 Å². The van der Waals surface area contributed by atoms with E-state index in [-0.39, 0.29) is 0 Å². The van der Waals surface area contributed by atoms with E-state index < -0.39 is 0 Å². The predicted molar refractivity (Wildman–Crippen MR) is 80.4 cm³/mol. The maximum absolute atomic E-state index is 5.46. The fourth-order valence-corrected chi connectivity index (χ4v) is 2.80. The Bertz CT molecular complexity index is 769. The van der Waals surface area contributed by atoms with Gasteiger partial charge in [0.1, 0.15) is 0 Å². The van der Waals surface area contributed by atoms with Gasteiger partial charge in [-0.25, -0.2) is 4.52 Å². The number of ether oxygens (including phenoxy) is 1. The molecule has 0 amide bonds. The van der Waals surface area contributed by atoms with E-state index in [1.54, 1.807) is 0 Å². The first-order valence-corrected chi connectivity index (χ1v) is 7.10. The van der Waals surface area contributed by atoms with Crippen molar-refractivity contribution < 1.29 is 4.74 Å². The van der Waals surface area contributed by atoms with Gasteiger partial charge in [0, 0.05) is 43.7 Å². The van der Waals surface area contributed by atoms with Crippen LogP contribution in [0.25, 0.3) is 16.6 Å². The molecular weight excluding hydrogens is 266 g/mol. The largest absolute Gasteiger partial charge is 0.378 e. The van der Waals surface area contributed by atoms with Gasteiger partial charge in [0.2, 0.25) is 0 Å². The fraction of sp³-hybridized carbons (Fsp3) is 0.333. The lowest BCUT2D eigenvalue weighted by atomic mass is 10.1. The van der Waals surface area contributed by atoms with E-state index in [0.717, 1.165) is 42.9 Å². The Kier molecular flexibility index (Phi) is 2.89. The number of hydrogen-bond donors (Lipinski definition) is 0. The lowest BCUT2D eigenvalue weighted by Gasteiger charge is -2.29. The SMILES string of the molecule is Cn1cc(-c2cc(N3CCOCC3)c3ccnn3c2)cn1. The van der Waals surface area contributed by atoms with Gasteiger partial charge in [-0.05, 0) is 12.1 Å². The molecule has 21 heavy (non-hydrogen) atoms. The summed E-state index contributed by atoms with van der Waals surface area (Å²) in [6, 6.07) is 4.27. The molecule has 0 unspecified atom stereocenters. The second kappa shape index (κ2) is 4.89. The molecule has 0 atom stereocenters. The molecule has 4 heterocycles. The Morgan fingerprint density at radius 3 is 2.71 bits per heavy atom. The summed E-state index contributed by atoms with van der Waals surface area (Å²) >= 11 is 0. The third-order valence-corrected chi connectivity index (χ3v) is 3.88. The number of hydrogen-bond acceptors (Lipinski definition) is 4. The Labute approximate surface area is 122 Å². The van der Waals surface area contributed by atoms with E-state index in [2.05, 4.69) is 33.4 Å². The predicted octanol–water partition coefficient (Wildman–Crippen LogP) is 1.57. The monoisotopic (exact) mass is 283 g/mol. The molecule has 1 fully saturated rings. The molecule has 0 N–H and O–H groups in total. The van der Waals surface area contributed by atoms with Crippen LogP contribution in [0, 0.1) is 0 Å². The highest BCUT2D eigenvalue weighted by Crippen LogP contribution is 2.29. The van der Waals surface area contributed by atoms with Crippen molar-refractivity contribution in [2.45, 2.75) is 0 Å².